The Bertz CT molecular complexity index is 506. The second kappa shape index (κ2) is 5.10. The summed E-state index contributed by atoms with van der Waals surface area (Å²) in [5, 5.41) is 0. The van der Waals surface area contributed by atoms with Crippen molar-refractivity contribution in [3.05, 3.63) is 33.8 Å². The molecule has 0 unspecified atom stereocenters. The topological polar surface area (TPSA) is 51.2 Å². The van der Waals surface area contributed by atoms with Crippen LogP contribution in [0.4, 0.5) is 0 Å². The van der Waals surface area contributed by atoms with Crippen molar-refractivity contribution in [1.29, 1.82) is 0 Å². The zero-order chi connectivity index (χ0) is 12.3. The fraction of sp³-hybridized carbons (Fsp3) is 0.364. The predicted octanol–water partition coefficient (Wildman–Crippen LogP) is 2.37. The second-order valence-electron chi connectivity index (χ2n) is 3.79. The van der Waals surface area contributed by atoms with Gasteiger partial charge in [0.2, 0.25) is 0 Å². The summed E-state index contributed by atoms with van der Waals surface area (Å²) in [6, 6.07) is 5.44. The van der Waals surface area contributed by atoms with Gasteiger partial charge in [-0.05, 0) is 19.1 Å². The van der Waals surface area contributed by atoms with Gasteiger partial charge in [-0.1, -0.05) is 27.6 Å². The fourth-order valence-corrected chi connectivity index (χ4v) is 2.29. The molecule has 5 heteroatoms. The number of hydrogen-bond donors (Lipinski definition) is 0. The monoisotopic (exact) mass is 304 g/mol. The molecule has 0 heterocycles. The molecule has 0 radical (unpaired) electrons. The summed E-state index contributed by atoms with van der Waals surface area (Å²) in [5.74, 6) is -0.257. The fourth-order valence-electron chi connectivity index (χ4n) is 1.27. The van der Waals surface area contributed by atoms with Crippen LogP contribution >= 0.6 is 15.9 Å². The van der Waals surface area contributed by atoms with Crippen molar-refractivity contribution in [3.8, 4) is 0 Å². The lowest BCUT2D eigenvalue weighted by Gasteiger charge is -2.04. The van der Waals surface area contributed by atoms with Crippen LogP contribution in [0.3, 0.4) is 0 Å². The molecule has 0 saturated carbocycles. The normalized spacial score (nSPS) is 11.4. The van der Waals surface area contributed by atoms with E-state index in [2.05, 4.69) is 15.9 Å². The number of benzene rings is 1. The van der Waals surface area contributed by atoms with Gasteiger partial charge in [-0.15, -0.1) is 0 Å². The summed E-state index contributed by atoms with van der Waals surface area (Å²) < 4.78 is 22.6. The highest BCUT2D eigenvalue weighted by molar-refractivity contribution is 9.10. The molecule has 1 rings (SSSR count). The Morgan fingerprint density at radius 2 is 2.00 bits per heavy atom. The first kappa shape index (κ1) is 13.4. The lowest BCUT2D eigenvalue weighted by molar-refractivity contribution is 0.0988. The summed E-state index contributed by atoms with van der Waals surface area (Å²) in [6.45, 7) is 1.89. The Hall–Kier alpha value is -0.680. The van der Waals surface area contributed by atoms with Crippen molar-refractivity contribution in [3.63, 3.8) is 0 Å². The molecule has 1 aromatic rings. The van der Waals surface area contributed by atoms with Crippen LogP contribution in [0, 0.1) is 6.92 Å². The van der Waals surface area contributed by atoms with Crippen LogP contribution in [-0.4, -0.2) is 26.2 Å². The highest BCUT2D eigenvalue weighted by Crippen LogP contribution is 2.19. The molecule has 0 aliphatic rings. The van der Waals surface area contributed by atoms with Gasteiger partial charge in [0.25, 0.3) is 0 Å². The molecule has 0 N–H and O–H groups in total. The third kappa shape index (κ3) is 4.06. The number of carbonyl (C=O) groups excluding carboxylic acids is 1. The van der Waals surface area contributed by atoms with Gasteiger partial charge in [0.1, 0.15) is 9.84 Å². The van der Waals surface area contributed by atoms with Crippen molar-refractivity contribution in [2.45, 2.75) is 13.3 Å². The van der Waals surface area contributed by atoms with Crippen LogP contribution in [-0.2, 0) is 9.84 Å². The van der Waals surface area contributed by atoms with E-state index in [9.17, 15) is 13.2 Å². The number of halogens is 1. The van der Waals surface area contributed by atoms with Crippen LogP contribution in [0.5, 0.6) is 0 Å². The van der Waals surface area contributed by atoms with Crippen LogP contribution in [0.25, 0.3) is 0 Å². The molecule has 0 fully saturated rings. The van der Waals surface area contributed by atoms with Crippen LogP contribution in [0.2, 0.25) is 0 Å². The zero-order valence-corrected chi connectivity index (χ0v) is 11.6. The summed E-state index contributed by atoms with van der Waals surface area (Å²) in [4.78, 5) is 11.8. The first-order valence-electron chi connectivity index (χ1n) is 4.76. The standard InChI is InChI=1S/C11H13BrO3S/c1-8-3-4-10(12)9(7-8)11(13)5-6-16(2,14)15/h3-4,7H,5-6H2,1-2H3. The lowest BCUT2D eigenvalue weighted by atomic mass is 10.1. The Morgan fingerprint density at radius 1 is 1.38 bits per heavy atom. The maximum atomic E-state index is 11.8. The van der Waals surface area contributed by atoms with Crippen molar-refractivity contribution < 1.29 is 13.2 Å². The lowest BCUT2D eigenvalue weighted by Crippen LogP contribution is -2.10. The molecule has 3 nitrogen and oxygen atoms in total. The highest BCUT2D eigenvalue weighted by atomic mass is 79.9. The van der Waals surface area contributed by atoms with Gasteiger partial charge in [-0.2, -0.15) is 0 Å². The van der Waals surface area contributed by atoms with Crippen LogP contribution < -0.4 is 0 Å². The molecule has 0 atom stereocenters. The number of sulfone groups is 1. The van der Waals surface area contributed by atoms with E-state index in [0.29, 0.717) is 10.0 Å². The Morgan fingerprint density at radius 3 is 2.56 bits per heavy atom. The third-order valence-corrected chi connectivity index (χ3v) is 3.76. The van der Waals surface area contributed by atoms with Gasteiger partial charge in [0, 0.05) is 22.7 Å². The summed E-state index contributed by atoms with van der Waals surface area (Å²) >= 11 is 3.28. The van der Waals surface area contributed by atoms with Gasteiger partial charge in [0.05, 0.1) is 5.75 Å². The molecule has 1 aromatic carbocycles. The van der Waals surface area contributed by atoms with E-state index in [1.54, 1.807) is 12.1 Å². The van der Waals surface area contributed by atoms with Crippen molar-refractivity contribution in [1.82, 2.24) is 0 Å². The maximum absolute atomic E-state index is 11.8. The first-order chi connectivity index (χ1) is 7.29. The molecule has 0 amide bonds. The Labute approximate surface area is 104 Å². The van der Waals surface area contributed by atoms with E-state index in [1.807, 2.05) is 13.0 Å². The van der Waals surface area contributed by atoms with E-state index in [4.69, 9.17) is 0 Å². The molecule has 88 valence electrons. The third-order valence-electron chi connectivity index (χ3n) is 2.12. The molecule has 0 aliphatic heterocycles. The molecule has 16 heavy (non-hydrogen) atoms. The van der Waals surface area contributed by atoms with Crippen molar-refractivity contribution >= 4 is 31.6 Å². The van der Waals surface area contributed by atoms with Crippen molar-refractivity contribution in [2.75, 3.05) is 12.0 Å². The van der Waals surface area contributed by atoms with Gasteiger partial charge >= 0.3 is 0 Å². The molecule has 0 aromatic heterocycles. The van der Waals surface area contributed by atoms with E-state index in [1.165, 1.54) is 0 Å². The summed E-state index contributed by atoms with van der Waals surface area (Å²) in [6.07, 6.45) is 1.16. The summed E-state index contributed by atoms with van der Waals surface area (Å²) in [7, 11) is -3.09. The molecular weight excluding hydrogens is 292 g/mol. The maximum Gasteiger partial charge on any atom is 0.165 e. The van der Waals surface area contributed by atoms with Gasteiger partial charge in [-0.3, -0.25) is 4.79 Å². The minimum Gasteiger partial charge on any atom is -0.294 e. The number of Topliss-reactive ketones (excluding diaryl/α,β-unsaturated/α-hetero) is 1. The average Bonchev–Trinajstić information content (AvgIpc) is 2.17. The Balaban J connectivity index is 2.85. The summed E-state index contributed by atoms with van der Waals surface area (Å²) in [5.41, 5.74) is 1.52. The van der Waals surface area contributed by atoms with Gasteiger partial charge < -0.3 is 0 Å². The number of rotatable bonds is 4. The van der Waals surface area contributed by atoms with E-state index >= 15 is 0 Å². The van der Waals surface area contributed by atoms with Crippen LogP contribution in [0.15, 0.2) is 22.7 Å². The largest absolute Gasteiger partial charge is 0.294 e. The van der Waals surface area contributed by atoms with E-state index in [0.717, 1.165) is 11.8 Å². The van der Waals surface area contributed by atoms with Crippen molar-refractivity contribution in [2.24, 2.45) is 0 Å². The van der Waals surface area contributed by atoms with E-state index in [-0.39, 0.29) is 18.0 Å². The zero-order valence-electron chi connectivity index (χ0n) is 9.16. The van der Waals surface area contributed by atoms with Gasteiger partial charge in [-0.25, -0.2) is 8.42 Å². The SMILES string of the molecule is Cc1ccc(Br)c(C(=O)CCS(C)(=O)=O)c1. The highest BCUT2D eigenvalue weighted by Gasteiger charge is 2.13. The minimum absolute atomic E-state index is 0.0287. The molecule has 0 saturated heterocycles. The van der Waals surface area contributed by atoms with Crippen LogP contribution in [0.1, 0.15) is 22.3 Å². The molecular formula is C11H13BrO3S. The Kier molecular flexibility index (Phi) is 4.27. The van der Waals surface area contributed by atoms with Gasteiger partial charge in [0.15, 0.2) is 5.78 Å². The number of ketones is 1. The average molecular weight is 305 g/mol. The second-order valence-corrected chi connectivity index (χ2v) is 6.90. The number of hydrogen-bond acceptors (Lipinski definition) is 3. The molecule has 0 aliphatic carbocycles. The predicted molar refractivity (Wildman–Crippen MR) is 67.5 cm³/mol. The molecule has 0 spiro atoms. The smallest absolute Gasteiger partial charge is 0.165 e. The van der Waals surface area contributed by atoms with E-state index < -0.39 is 9.84 Å². The quantitative estimate of drug-likeness (QED) is 0.803. The molecule has 0 bridgehead atoms. The minimum atomic E-state index is -3.09. The first-order valence-corrected chi connectivity index (χ1v) is 7.62. The number of carbonyl (C=O) groups is 1. The number of aryl methyl sites for hydroxylation is 1.